The zero-order valence-electron chi connectivity index (χ0n) is 10.8. The summed E-state index contributed by atoms with van der Waals surface area (Å²) in [6.45, 7) is 1.81. The standard InChI is InChI=1S/C14H12N4O2/c1-9-8-13(20)17-18-14(9)10-2-4-11(5-3-10)16-12(19)6-7-15/h2-5,8H,6H2,1H3,(H,16,19)(H,17,20). The zero-order valence-corrected chi connectivity index (χ0v) is 10.8. The van der Waals surface area contributed by atoms with Crippen molar-refractivity contribution in [2.24, 2.45) is 0 Å². The molecule has 0 saturated carbocycles. The first-order chi connectivity index (χ1) is 9.60. The Balaban J connectivity index is 2.22. The smallest absolute Gasteiger partial charge is 0.264 e. The van der Waals surface area contributed by atoms with Gasteiger partial charge in [-0.1, -0.05) is 12.1 Å². The van der Waals surface area contributed by atoms with Crippen LogP contribution in [0, 0.1) is 18.3 Å². The van der Waals surface area contributed by atoms with Gasteiger partial charge in [-0.05, 0) is 24.6 Å². The van der Waals surface area contributed by atoms with Gasteiger partial charge < -0.3 is 5.32 Å². The van der Waals surface area contributed by atoms with Gasteiger partial charge in [0.15, 0.2) is 0 Å². The summed E-state index contributed by atoms with van der Waals surface area (Å²) in [6, 6.07) is 10.3. The lowest BCUT2D eigenvalue weighted by atomic mass is 10.1. The van der Waals surface area contributed by atoms with Gasteiger partial charge in [-0.3, -0.25) is 9.59 Å². The number of aromatic amines is 1. The fourth-order valence-electron chi connectivity index (χ4n) is 1.78. The molecule has 0 aliphatic heterocycles. The Morgan fingerprint density at radius 2 is 2.10 bits per heavy atom. The molecule has 2 N–H and O–H groups in total. The van der Waals surface area contributed by atoms with Crippen molar-refractivity contribution >= 4 is 11.6 Å². The predicted molar refractivity (Wildman–Crippen MR) is 73.9 cm³/mol. The lowest BCUT2D eigenvalue weighted by Crippen LogP contribution is -2.10. The third-order valence-electron chi connectivity index (χ3n) is 2.68. The molecule has 2 aromatic rings. The van der Waals surface area contributed by atoms with Crippen molar-refractivity contribution in [2.75, 3.05) is 5.32 Å². The number of anilines is 1. The van der Waals surface area contributed by atoms with E-state index in [9.17, 15) is 9.59 Å². The summed E-state index contributed by atoms with van der Waals surface area (Å²) in [5, 5.41) is 17.4. The zero-order chi connectivity index (χ0) is 14.5. The first kappa shape index (κ1) is 13.5. The molecule has 6 heteroatoms. The van der Waals surface area contributed by atoms with E-state index < -0.39 is 0 Å². The SMILES string of the molecule is Cc1cc(=O)[nH]nc1-c1ccc(NC(=O)CC#N)cc1. The summed E-state index contributed by atoms with van der Waals surface area (Å²) < 4.78 is 0. The summed E-state index contributed by atoms with van der Waals surface area (Å²) in [5.74, 6) is -0.349. The van der Waals surface area contributed by atoms with Crippen LogP contribution in [0.5, 0.6) is 0 Å². The second-order valence-corrected chi connectivity index (χ2v) is 4.22. The molecule has 0 aliphatic rings. The number of nitriles is 1. The van der Waals surface area contributed by atoms with Crippen molar-refractivity contribution in [2.45, 2.75) is 13.3 Å². The first-order valence-electron chi connectivity index (χ1n) is 5.93. The minimum atomic E-state index is -0.349. The number of carbonyl (C=O) groups excluding carboxylic acids is 1. The Hall–Kier alpha value is -2.94. The molecule has 0 fully saturated rings. The molecule has 0 atom stereocenters. The van der Waals surface area contributed by atoms with E-state index in [1.54, 1.807) is 37.3 Å². The summed E-state index contributed by atoms with van der Waals surface area (Å²) in [4.78, 5) is 22.4. The highest BCUT2D eigenvalue weighted by Crippen LogP contribution is 2.21. The molecule has 100 valence electrons. The predicted octanol–water partition coefficient (Wildman–Crippen LogP) is 1.60. The maximum Gasteiger partial charge on any atom is 0.264 e. The van der Waals surface area contributed by atoms with Crippen molar-refractivity contribution in [1.82, 2.24) is 10.2 Å². The minimum absolute atomic E-state index is 0.178. The molecule has 1 heterocycles. The van der Waals surface area contributed by atoms with Crippen molar-refractivity contribution in [3.05, 3.63) is 46.2 Å². The van der Waals surface area contributed by atoms with Crippen LogP contribution < -0.4 is 10.9 Å². The average Bonchev–Trinajstić information content (AvgIpc) is 2.40. The Morgan fingerprint density at radius 1 is 1.40 bits per heavy atom. The fraction of sp³-hybridized carbons (Fsp3) is 0.143. The highest BCUT2D eigenvalue weighted by atomic mass is 16.1. The summed E-state index contributed by atoms with van der Waals surface area (Å²) in [7, 11) is 0. The van der Waals surface area contributed by atoms with Crippen LogP contribution >= 0.6 is 0 Å². The van der Waals surface area contributed by atoms with Crippen LogP contribution in [0.25, 0.3) is 11.3 Å². The highest BCUT2D eigenvalue weighted by molar-refractivity contribution is 5.92. The van der Waals surface area contributed by atoms with Gasteiger partial charge in [0.05, 0.1) is 11.8 Å². The van der Waals surface area contributed by atoms with E-state index >= 15 is 0 Å². The van der Waals surface area contributed by atoms with Crippen molar-refractivity contribution in [3.8, 4) is 17.3 Å². The lowest BCUT2D eigenvalue weighted by molar-refractivity contribution is -0.115. The molecule has 0 radical (unpaired) electrons. The summed E-state index contributed by atoms with van der Waals surface area (Å²) in [5.41, 5.74) is 2.65. The average molecular weight is 268 g/mol. The molecular weight excluding hydrogens is 256 g/mol. The first-order valence-corrected chi connectivity index (χ1v) is 5.93. The Labute approximate surface area is 115 Å². The van der Waals surface area contributed by atoms with Gasteiger partial charge in [-0.2, -0.15) is 10.4 Å². The quantitative estimate of drug-likeness (QED) is 0.883. The number of hydrogen-bond donors (Lipinski definition) is 2. The number of carbonyl (C=O) groups is 1. The summed E-state index contributed by atoms with van der Waals surface area (Å²) in [6.07, 6.45) is -0.178. The van der Waals surface area contributed by atoms with E-state index in [-0.39, 0.29) is 17.9 Å². The third-order valence-corrected chi connectivity index (χ3v) is 2.68. The van der Waals surface area contributed by atoms with Crippen molar-refractivity contribution < 1.29 is 4.79 Å². The van der Waals surface area contributed by atoms with Gasteiger partial charge in [0.2, 0.25) is 5.91 Å². The fourth-order valence-corrected chi connectivity index (χ4v) is 1.78. The molecule has 0 spiro atoms. The van der Waals surface area contributed by atoms with Crippen LogP contribution in [-0.2, 0) is 4.79 Å². The molecular formula is C14H12N4O2. The molecule has 1 aromatic heterocycles. The van der Waals surface area contributed by atoms with Crippen LogP contribution in [-0.4, -0.2) is 16.1 Å². The molecule has 0 saturated heterocycles. The van der Waals surface area contributed by atoms with Gasteiger partial charge in [0, 0.05) is 17.3 Å². The van der Waals surface area contributed by atoms with Crippen LogP contribution in [0.4, 0.5) is 5.69 Å². The third kappa shape index (κ3) is 3.09. The Morgan fingerprint density at radius 3 is 2.70 bits per heavy atom. The Kier molecular flexibility index (Phi) is 3.91. The minimum Gasteiger partial charge on any atom is -0.325 e. The molecule has 6 nitrogen and oxygen atoms in total. The topological polar surface area (TPSA) is 98.6 Å². The van der Waals surface area contributed by atoms with E-state index in [0.717, 1.165) is 11.1 Å². The van der Waals surface area contributed by atoms with E-state index in [1.807, 2.05) is 0 Å². The maximum absolute atomic E-state index is 11.3. The number of nitrogens with one attached hydrogen (secondary N) is 2. The van der Waals surface area contributed by atoms with Gasteiger partial charge in [-0.15, -0.1) is 0 Å². The molecule has 1 amide bonds. The Bertz CT molecular complexity index is 726. The molecule has 0 unspecified atom stereocenters. The van der Waals surface area contributed by atoms with Crippen LogP contribution in [0.15, 0.2) is 35.1 Å². The number of amides is 1. The van der Waals surface area contributed by atoms with Crippen LogP contribution in [0.3, 0.4) is 0 Å². The number of aromatic nitrogens is 2. The van der Waals surface area contributed by atoms with Gasteiger partial charge in [0.1, 0.15) is 6.42 Å². The van der Waals surface area contributed by atoms with Crippen LogP contribution in [0.2, 0.25) is 0 Å². The number of hydrogen-bond acceptors (Lipinski definition) is 4. The number of benzene rings is 1. The molecule has 0 aliphatic carbocycles. The molecule has 1 aromatic carbocycles. The van der Waals surface area contributed by atoms with E-state index in [4.69, 9.17) is 5.26 Å². The van der Waals surface area contributed by atoms with Crippen molar-refractivity contribution in [1.29, 1.82) is 5.26 Å². The van der Waals surface area contributed by atoms with Gasteiger partial charge >= 0.3 is 0 Å². The molecule has 20 heavy (non-hydrogen) atoms. The van der Waals surface area contributed by atoms with E-state index in [2.05, 4.69) is 15.5 Å². The largest absolute Gasteiger partial charge is 0.325 e. The monoisotopic (exact) mass is 268 g/mol. The maximum atomic E-state index is 11.3. The number of nitrogens with zero attached hydrogens (tertiary/aromatic N) is 2. The summed E-state index contributed by atoms with van der Waals surface area (Å²) >= 11 is 0. The lowest BCUT2D eigenvalue weighted by Gasteiger charge is -2.06. The van der Waals surface area contributed by atoms with Gasteiger partial charge in [0.25, 0.3) is 5.56 Å². The second kappa shape index (κ2) is 5.80. The highest BCUT2D eigenvalue weighted by Gasteiger charge is 2.06. The second-order valence-electron chi connectivity index (χ2n) is 4.22. The van der Waals surface area contributed by atoms with Crippen molar-refractivity contribution in [3.63, 3.8) is 0 Å². The number of aryl methyl sites for hydroxylation is 1. The van der Waals surface area contributed by atoms with Crippen LogP contribution in [0.1, 0.15) is 12.0 Å². The van der Waals surface area contributed by atoms with E-state index in [0.29, 0.717) is 11.4 Å². The molecule has 0 bridgehead atoms. The normalized spacial score (nSPS) is 9.80. The molecule has 2 rings (SSSR count). The number of H-pyrrole nitrogens is 1. The van der Waals surface area contributed by atoms with E-state index in [1.165, 1.54) is 6.07 Å². The number of rotatable bonds is 3. The van der Waals surface area contributed by atoms with Gasteiger partial charge in [-0.25, -0.2) is 5.10 Å².